The van der Waals surface area contributed by atoms with Gasteiger partial charge in [-0.2, -0.15) is 0 Å². The topological polar surface area (TPSA) is 76.1 Å². The SMILES string of the molecule is CS(=O)(=O)c1ccc(-c2sc(NC(=O)c3cccc(Br)c3)nc2-c2ccc(F)cc2)cc1. The van der Waals surface area contributed by atoms with Gasteiger partial charge in [0.25, 0.3) is 5.91 Å². The quantitative estimate of drug-likeness (QED) is 0.341. The Morgan fingerprint density at radius 2 is 1.66 bits per heavy atom. The number of anilines is 1. The number of rotatable bonds is 5. The fraction of sp³-hybridized carbons (Fsp3) is 0.0435. The summed E-state index contributed by atoms with van der Waals surface area (Å²) in [4.78, 5) is 18.2. The predicted molar refractivity (Wildman–Crippen MR) is 128 cm³/mol. The summed E-state index contributed by atoms with van der Waals surface area (Å²) >= 11 is 4.61. The lowest BCUT2D eigenvalue weighted by atomic mass is 10.1. The van der Waals surface area contributed by atoms with E-state index in [2.05, 4.69) is 26.2 Å². The van der Waals surface area contributed by atoms with Crippen LogP contribution in [0.25, 0.3) is 21.7 Å². The molecule has 1 heterocycles. The van der Waals surface area contributed by atoms with Gasteiger partial charge in [-0.05, 0) is 60.2 Å². The van der Waals surface area contributed by atoms with Crippen molar-refractivity contribution >= 4 is 48.1 Å². The van der Waals surface area contributed by atoms with Crippen LogP contribution >= 0.6 is 27.3 Å². The Morgan fingerprint density at radius 1 is 1.00 bits per heavy atom. The van der Waals surface area contributed by atoms with Crippen molar-refractivity contribution < 1.29 is 17.6 Å². The lowest BCUT2D eigenvalue weighted by Crippen LogP contribution is -2.11. The lowest BCUT2D eigenvalue weighted by Gasteiger charge is -2.04. The standard InChI is InChI=1S/C23H16BrFN2O3S2/c1-32(29,30)19-11-7-15(8-12-19)21-20(14-5-9-18(25)10-6-14)26-23(31-21)27-22(28)16-3-2-4-17(24)13-16/h2-13H,1H3,(H,26,27,28). The van der Waals surface area contributed by atoms with Crippen LogP contribution in [-0.2, 0) is 9.84 Å². The molecule has 9 heteroatoms. The molecule has 0 unspecified atom stereocenters. The van der Waals surface area contributed by atoms with Gasteiger partial charge in [0.1, 0.15) is 5.82 Å². The number of carbonyl (C=O) groups excluding carboxylic acids is 1. The molecule has 1 aromatic heterocycles. The van der Waals surface area contributed by atoms with E-state index in [1.807, 2.05) is 6.07 Å². The first-order chi connectivity index (χ1) is 15.2. The van der Waals surface area contributed by atoms with Gasteiger partial charge < -0.3 is 0 Å². The van der Waals surface area contributed by atoms with Gasteiger partial charge in [-0.1, -0.05) is 45.5 Å². The molecule has 3 aromatic carbocycles. The van der Waals surface area contributed by atoms with Crippen LogP contribution in [0.15, 0.2) is 82.2 Å². The molecule has 0 aliphatic heterocycles. The third-order valence-electron chi connectivity index (χ3n) is 4.60. The molecule has 0 atom stereocenters. The van der Waals surface area contributed by atoms with Gasteiger partial charge in [0.2, 0.25) is 0 Å². The Balaban J connectivity index is 1.75. The van der Waals surface area contributed by atoms with Crippen molar-refractivity contribution in [3.8, 4) is 21.7 Å². The highest BCUT2D eigenvalue weighted by atomic mass is 79.9. The van der Waals surface area contributed by atoms with E-state index < -0.39 is 9.84 Å². The van der Waals surface area contributed by atoms with Crippen molar-refractivity contribution in [1.29, 1.82) is 0 Å². The Labute approximate surface area is 197 Å². The van der Waals surface area contributed by atoms with Crippen LogP contribution in [0.1, 0.15) is 10.4 Å². The summed E-state index contributed by atoms with van der Waals surface area (Å²) in [7, 11) is -3.33. The van der Waals surface area contributed by atoms with Gasteiger partial charge in [0.15, 0.2) is 15.0 Å². The monoisotopic (exact) mass is 530 g/mol. The summed E-state index contributed by atoms with van der Waals surface area (Å²) in [6.45, 7) is 0. The number of halogens is 2. The summed E-state index contributed by atoms with van der Waals surface area (Å²) in [5.74, 6) is -0.684. The van der Waals surface area contributed by atoms with Crippen LogP contribution in [0.3, 0.4) is 0 Å². The van der Waals surface area contributed by atoms with Crippen LogP contribution in [0.4, 0.5) is 9.52 Å². The summed E-state index contributed by atoms with van der Waals surface area (Å²) < 4.78 is 37.8. The molecule has 0 radical (unpaired) electrons. The van der Waals surface area contributed by atoms with Crippen molar-refractivity contribution in [2.45, 2.75) is 4.90 Å². The third kappa shape index (κ3) is 4.95. The smallest absolute Gasteiger partial charge is 0.257 e. The molecule has 5 nitrogen and oxygen atoms in total. The van der Waals surface area contributed by atoms with Gasteiger partial charge in [-0.15, -0.1) is 0 Å². The maximum Gasteiger partial charge on any atom is 0.257 e. The number of carbonyl (C=O) groups is 1. The fourth-order valence-corrected chi connectivity index (χ4v) is 5.04. The second-order valence-corrected chi connectivity index (χ2v) is 10.9. The zero-order valence-corrected chi connectivity index (χ0v) is 19.9. The van der Waals surface area contributed by atoms with Crippen molar-refractivity contribution in [3.05, 3.63) is 88.6 Å². The fourth-order valence-electron chi connectivity index (χ4n) is 3.03. The van der Waals surface area contributed by atoms with E-state index >= 15 is 0 Å². The highest BCUT2D eigenvalue weighted by Gasteiger charge is 2.18. The normalized spacial score (nSPS) is 11.3. The zero-order valence-electron chi connectivity index (χ0n) is 16.7. The van der Waals surface area contributed by atoms with Crippen LogP contribution in [0.5, 0.6) is 0 Å². The first kappa shape index (κ1) is 22.3. The minimum atomic E-state index is -3.33. The Kier molecular flexibility index (Phi) is 6.23. The molecule has 4 rings (SSSR count). The van der Waals surface area contributed by atoms with Crippen LogP contribution < -0.4 is 5.32 Å². The maximum absolute atomic E-state index is 13.4. The molecule has 32 heavy (non-hydrogen) atoms. The zero-order chi connectivity index (χ0) is 22.9. The van der Waals surface area contributed by atoms with E-state index in [1.165, 1.54) is 35.6 Å². The van der Waals surface area contributed by atoms with E-state index in [0.29, 0.717) is 22.0 Å². The number of thiazole rings is 1. The number of aromatic nitrogens is 1. The van der Waals surface area contributed by atoms with Crippen molar-refractivity contribution in [2.75, 3.05) is 11.6 Å². The van der Waals surface area contributed by atoms with Crippen molar-refractivity contribution in [2.24, 2.45) is 0 Å². The highest BCUT2D eigenvalue weighted by molar-refractivity contribution is 9.10. The first-order valence-electron chi connectivity index (χ1n) is 9.35. The summed E-state index contributed by atoms with van der Waals surface area (Å²) in [5.41, 5.74) is 2.44. The highest BCUT2D eigenvalue weighted by Crippen LogP contribution is 2.39. The molecule has 0 spiro atoms. The minimum Gasteiger partial charge on any atom is -0.298 e. The molecule has 1 N–H and O–H groups in total. The second-order valence-electron chi connectivity index (χ2n) is 6.96. The predicted octanol–water partition coefficient (Wildman–Crippen LogP) is 6.03. The first-order valence-corrected chi connectivity index (χ1v) is 12.8. The van der Waals surface area contributed by atoms with E-state index in [1.54, 1.807) is 42.5 Å². The lowest BCUT2D eigenvalue weighted by molar-refractivity contribution is 0.102. The van der Waals surface area contributed by atoms with Crippen molar-refractivity contribution in [3.63, 3.8) is 0 Å². The van der Waals surface area contributed by atoms with E-state index in [9.17, 15) is 17.6 Å². The van der Waals surface area contributed by atoms with Crippen LogP contribution in [-0.4, -0.2) is 25.6 Å². The van der Waals surface area contributed by atoms with Gasteiger partial charge in [-0.25, -0.2) is 17.8 Å². The van der Waals surface area contributed by atoms with Gasteiger partial charge in [-0.3, -0.25) is 10.1 Å². The Morgan fingerprint density at radius 3 is 2.28 bits per heavy atom. The molecular formula is C23H16BrFN2O3S2. The van der Waals surface area contributed by atoms with E-state index in [4.69, 9.17) is 0 Å². The number of hydrogen-bond donors (Lipinski definition) is 1. The number of nitrogens with one attached hydrogen (secondary N) is 1. The molecule has 1 amide bonds. The number of amides is 1. The molecule has 0 aliphatic rings. The van der Waals surface area contributed by atoms with Crippen molar-refractivity contribution in [1.82, 2.24) is 4.98 Å². The summed E-state index contributed by atoms with van der Waals surface area (Å²) in [6, 6.07) is 19.3. The van der Waals surface area contributed by atoms with Crippen LogP contribution in [0, 0.1) is 5.82 Å². The van der Waals surface area contributed by atoms with Gasteiger partial charge in [0.05, 0.1) is 15.5 Å². The number of hydrogen-bond acceptors (Lipinski definition) is 5. The third-order valence-corrected chi connectivity index (χ3v) is 7.24. The molecule has 0 saturated heterocycles. The molecule has 0 saturated carbocycles. The number of benzene rings is 3. The molecule has 0 bridgehead atoms. The summed E-state index contributed by atoms with van der Waals surface area (Å²) in [5, 5.41) is 3.18. The van der Waals surface area contributed by atoms with E-state index in [-0.39, 0.29) is 16.6 Å². The van der Waals surface area contributed by atoms with Gasteiger partial charge in [0, 0.05) is 21.9 Å². The average Bonchev–Trinajstić information content (AvgIpc) is 3.17. The minimum absolute atomic E-state index is 0.206. The molecule has 0 fully saturated rings. The van der Waals surface area contributed by atoms with Crippen LogP contribution in [0.2, 0.25) is 0 Å². The molecule has 4 aromatic rings. The second kappa shape index (κ2) is 8.93. The van der Waals surface area contributed by atoms with E-state index in [0.717, 1.165) is 21.2 Å². The number of sulfone groups is 1. The Hall–Kier alpha value is -2.88. The maximum atomic E-state index is 13.4. The number of nitrogens with zero attached hydrogens (tertiary/aromatic N) is 1. The largest absolute Gasteiger partial charge is 0.298 e. The molecule has 162 valence electrons. The molecular weight excluding hydrogens is 515 g/mol. The Bertz CT molecular complexity index is 1400. The van der Waals surface area contributed by atoms with Gasteiger partial charge >= 0.3 is 0 Å². The molecule has 0 aliphatic carbocycles. The average molecular weight is 531 g/mol. The summed E-state index contributed by atoms with van der Waals surface area (Å²) in [6.07, 6.45) is 1.15.